The molecule has 0 saturated carbocycles. The monoisotopic (exact) mass is 289 g/mol. The Balaban J connectivity index is 1.86. The summed E-state index contributed by atoms with van der Waals surface area (Å²) in [6.45, 7) is 0.0286. The van der Waals surface area contributed by atoms with Gasteiger partial charge in [0.05, 0.1) is 11.6 Å². The predicted molar refractivity (Wildman–Crippen MR) is 73.4 cm³/mol. The molecule has 110 valence electrons. The Labute approximate surface area is 122 Å². The highest BCUT2D eigenvalue weighted by Crippen LogP contribution is 2.12. The summed E-state index contributed by atoms with van der Waals surface area (Å²) in [6.07, 6.45) is 2.25. The minimum Gasteiger partial charge on any atom is -0.353 e. The third kappa shape index (κ3) is 4.28. The Morgan fingerprint density at radius 1 is 1.52 bits per heavy atom. The number of carbonyl (C=O) groups is 2. The van der Waals surface area contributed by atoms with Crippen LogP contribution in [0.15, 0.2) is 18.2 Å². The third-order valence-corrected chi connectivity index (χ3v) is 3.40. The number of piperidine rings is 1. The van der Waals surface area contributed by atoms with Gasteiger partial charge in [0.1, 0.15) is 5.82 Å². The van der Waals surface area contributed by atoms with Crippen molar-refractivity contribution in [3.8, 4) is 6.07 Å². The summed E-state index contributed by atoms with van der Waals surface area (Å²) in [7, 11) is 0. The van der Waals surface area contributed by atoms with Crippen LogP contribution in [0, 0.1) is 17.1 Å². The van der Waals surface area contributed by atoms with Crippen molar-refractivity contribution in [2.45, 2.75) is 38.3 Å². The number of benzene rings is 1. The minimum absolute atomic E-state index is 0.0286. The SMILES string of the molecule is N#Cc1ccc(F)c(CNC(=O)CC2CCCC(=O)N2)c1. The van der Waals surface area contributed by atoms with Crippen molar-refractivity contribution in [2.75, 3.05) is 0 Å². The lowest BCUT2D eigenvalue weighted by atomic mass is 10.0. The summed E-state index contributed by atoms with van der Waals surface area (Å²) < 4.78 is 13.5. The van der Waals surface area contributed by atoms with Crippen LogP contribution in [-0.4, -0.2) is 17.9 Å². The second kappa shape index (κ2) is 6.84. The Hall–Kier alpha value is -2.42. The van der Waals surface area contributed by atoms with E-state index in [-0.39, 0.29) is 36.4 Å². The van der Waals surface area contributed by atoms with Crippen molar-refractivity contribution in [3.63, 3.8) is 0 Å². The fraction of sp³-hybridized carbons (Fsp3) is 0.400. The minimum atomic E-state index is -0.458. The fourth-order valence-corrected chi connectivity index (χ4v) is 2.30. The van der Waals surface area contributed by atoms with Gasteiger partial charge in [-0.3, -0.25) is 9.59 Å². The molecule has 1 fully saturated rings. The van der Waals surface area contributed by atoms with Crippen LogP contribution in [0.25, 0.3) is 0 Å². The van der Waals surface area contributed by atoms with Crippen LogP contribution in [-0.2, 0) is 16.1 Å². The average molecular weight is 289 g/mol. The molecule has 1 atom stereocenters. The molecule has 1 heterocycles. The van der Waals surface area contributed by atoms with E-state index in [0.29, 0.717) is 12.0 Å². The molecule has 1 aromatic carbocycles. The highest BCUT2D eigenvalue weighted by Gasteiger charge is 2.20. The number of rotatable bonds is 4. The summed E-state index contributed by atoms with van der Waals surface area (Å²) in [5.41, 5.74) is 0.621. The van der Waals surface area contributed by atoms with E-state index < -0.39 is 5.82 Å². The van der Waals surface area contributed by atoms with Gasteiger partial charge in [0.15, 0.2) is 0 Å². The summed E-state index contributed by atoms with van der Waals surface area (Å²) in [4.78, 5) is 23.0. The first-order valence-electron chi connectivity index (χ1n) is 6.83. The van der Waals surface area contributed by atoms with Crippen LogP contribution in [0.2, 0.25) is 0 Å². The van der Waals surface area contributed by atoms with E-state index in [1.807, 2.05) is 6.07 Å². The topological polar surface area (TPSA) is 82.0 Å². The van der Waals surface area contributed by atoms with Crippen LogP contribution < -0.4 is 10.6 Å². The molecular weight excluding hydrogens is 273 g/mol. The molecule has 2 rings (SSSR count). The zero-order valence-electron chi connectivity index (χ0n) is 11.5. The molecule has 2 amide bonds. The van der Waals surface area contributed by atoms with Gasteiger partial charge in [-0.15, -0.1) is 0 Å². The molecule has 0 bridgehead atoms. The summed E-state index contributed by atoms with van der Waals surface area (Å²) in [5.74, 6) is -0.740. The zero-order valence-corrected chi connectivity index (χ0v) is 11.5. The van der Waals surface area contributed by atoms with Crippen molar-refractivity contribution < 1.29 is 14.0 Å². The highest BCUT2D eigenvalue weighted by molar-refractivity contribution is 5.80. The van der Waals surface area contributed by atoms with Crippen molar-refractivity contribution in [2.24, 2.45) is 0 Å². The van der Waals surface area contributed by atoms with Crippen LogP contribution in [0.5, 0.6) is 0 Å². The maximum atomic E-state index is 13.5. The van der Waals surface area contributed by atoms with E-state index in [4.69, 9.17) is 5.26 Å². The first-order valence-corrected chi connectivity index (χ1v) is 6.83. The first-order chi connectivity index (χ1) is 10.1. The molecule has 0 radical (unpaired) electrons. The number of nitrogens with zero attached hydrogens (tertiary/aromatic N) is 1. The quantitative estimate of drug-likeness (QED) is 0.878. The van der Waals surface area contributed by atoms with E-state index in [2.05, 4.69) is 10.6 Å². The molecule has 1 aliphatic rings. The Bertz CT molecular complexity index is 595. The lowest BCUT2D eigenvalue weighted by Gasteiger charge is -2.22. The number of hydrogen-bond donors (Lipinski definition) is 2. The molecule has 0 aliphatic carbocycles. The normalized spacial score (nSPS) is 17.7. The maximum Gasteiger partial charge on any atom is 0.222 e. The number of nitriles is 1. The molecule has 1 saturated heterocycles. The van der Waals surface area contributed by atoms with Gasteiger partial charge in [-0.2, -0.15) is 5.26 Å². The lowest BCUT2D eigenvalue weighted by Crippen LogP contribution is -2.41. The molecule has 1 unspecified atom stereocenters. The molecule has 0 spiro atoms. The second-order valence-electron chi connectivity index (χ2n) is 5.06. The lowest BCUT2D eigenvalue weighted by molar-refractivity contribution is -0.125. The van der Waals surface area contributed by atoms with Gasteiger partial charge in [-0.25, -0.2) is 4.39 Å². The Morgan fingerprint density at radius 2 is 2.33 bits per heavy atom. The Morgan fingerprint density at radius 3 is 3.05 bits per heavy atom. The standard InChI is InChI=1S/C15H16FN3O2/c16-13-5-4-10(8-17)6-11(13)9-18-15(21)7-12-2-1-3-14(20)19-12/h4-6,12H,1-3,7,9H2,(H,18,21)(H,19,20). The van der Waals surface area contributed by atoms with Crippen LogP contribution in [0.3, 0.4) is 0 Å². The van der Waals surface area contributed by atoms with Crippen LogP contribution in [0.4, 0.5) is 4.39 Å². The van der Waals surface area contributed by atoms with Crippen molar-refractivity contribution in [1.82, 2.24) is 10.6 Å². The zero-order chi connectivity index (χ0) is 15.2. The van der Waals surface area contributed by atoms with Crippen molar-refractivity contribution >= 4 is 11.8 Å². The van der Waals surface area contributed by atoms with Gasteiger partial charge < -0.3 is 10.6 Å². The third-order valence-electron chi connectivity index (χ3n) is 3.40. The highest BCUT2D eigenvalue weighted by atomic mass is 19.1. The molecule has 2 N–H and O–H groups in total. The summed E-state index contributed by atoms with van der Waals surface area (Å²) in [6, 6.07) is 5.79. The van der Waals surface area contributed by atoms with Gasteiger partial charge >= 0.3 is 0 Å². The van der Waals surface area contributed by atoms with E-state index in [0.717, 1.165) is 12.8 Å². The van der Waals surface area contributed by atoms with Gasteiger partial charge in [0.2, 0.25) is 11.8 Å². The van der Waals surface area contributed by atoms with E-state index in [9.17, 15) is 14.0 Å². The smallest absolute Gasteiger partial charge is 0.222 e. The van der Waals surface area contributed by atoms with Crippen molar-refractivity contribution in [3.05, 3.63) is 35.1 Å². The molecule has 21 heavy (non-hydrogen) atoms. The number of nitrogens with one attached hydrogen (secondary N) is 2. The number of halogens is 1. The number of hydrogen-bond acceptors (Lipinski definition) is 3. The van der Waals surface area contributed by atoms with E-state index in [1.165, 1.54) is 18.2 Å². The van der Waals surface area contributed by atoms with Crippen LogP contribution in [0.1, 0.15) is 36.8 Å². The summed E-state index contributed by atoms with van der Waals surface area (Å²) in [5, 5.41) is 14.1. The average Bonchev–Trinajstić information content (AvgIpc) is 2.46. The Kier molecular flexibility index (Phi) is 4.88. The molecular formula is C15H16FN3O2. The summed E-state index contributed by atoms with van der Waals surface area (Å²) >= 11 is 0. The fourth-order valence-electron chi connectivity index (χ4n) is 2.30. The van der Waals surface area contributed by atoms with E-state index in [1.54, 1.807) is 0 Å². The molecule has 0 aromatic heterocycles. The number of carbonyl (C=O) groups excluding carboxylic acids is 2. The van der Waals surface area contributed by atoms with Crippen molar-refractivity contribution in [1.29, 1.82) is 5.26 Å². The van der Waals surface area contributed by atoms with Gasteiger partial charge in [-0.1, -0.05) is 0 Å². The largest absolute Gasteiger partial charge is 0.353 e. The molecule has 6 heteroatoms. The van der Waals surface area contributed by atoms with E-state index >= 15 is 0 Å². The van der Waals surface area contributed by atoms with Gasteiger partial charge in [-0.05, 0) is 31.0 Å². The second-order valence-corrected chi connectivity index (χ2v) is 5.06. The molecule has 5 nitrogen and oxygen atoms in total. The predicted octanol–water partition coefficient (Wildman–Crippen LogP) is 1.37. The van der Waals surface area contributed by atoms with Gasteiger partial charge in [0, 0.05) is 31.0 Å². The molecule has 1 aliphatic heterocycles. The van der Waals surface area contributed by atoms with Crippen LogP contribution >= 0.6 is 0 Å². The van der Waals surface area contributed by atoms with Gasteiger partial charge in [0.25, 0.3) is 0 Å². The maximum absolute atomic E-state index is 13.5. The number of amides is 2. The first kappa shape index (κ1) is 15.0. The molecule has 1 aromatic rings.